The maximum Gasteiger partial charge on any atom is 0.0698 e. The molecule has 2 nitrogen and oxygen atoms in total. The number of nitrogens with zero attached hydrogens (tertiary/aromatic N) is 1. The van der Waals surface area contributed by atoms with E-state index in [-0.39, 0.29) is 6.10 Å². The summed E-state index contributed by atoms with van der Waals surface area (Å²) < 4.78 is 0. The van der Waals surface area contributed by atoms with Gasteiger partial charge in [-0.15, -0.1) is 0 Å². The van der Waals surface area contributed by atoms with E-state index in [9.17, 15) is 5.11 Å². The molecule has 0 spiro atoms. The maximum absolute atomic E-state index is 10.8. The van der Waals surface area contributed by atoms with Crippen LogP contribution in [0.4, 0.5) is 0 Å². The maximum atomic E-state index is 10.8. The molecule has 0 bridgehead atoms. The van der Waals surface area contributed by atoms with E-state index in [2.05, 4.69) is 4.90 Å². The van der Waals surface area contributed by atoms with Gasteiger partial charge in [-0.1, -0.05) is 12.8 Å². The van der Waals surface area contributed by atoms with Crippen LogP contribution in [0, 0.1) is 35.5 Å². The van der Waals surface area contributed by atoms with Gasteiger partial charge in [0.1, 0.15) is 0 Å². The third-order valence-electron chi connectivity index (χ3n) is 8.83. The Morgan fingerprint density at radius 2 is 1.35 bits per heavy atom. The minimum absolute atomic E-state index is 0.0336. The first kappa shape index (κ1) is 15.2. The molecule has 130 valence electrons. The number of fused-ring (bicyclic) bond motifs is 5. The van der Waals surface area contributed by atoms with E-state index in [0.717, 1.165) is 41.9 Å². The standard InChI is InChI=1S/C21H35NO/c23-21-12-15-7-9-17-16-5-3-4-14(16)6-8-18(17)19(15)13-20(21)22-10-1-2-11-22/h14-21,23H,1-13H2/t14?,15?,16?,17?,18?,19?,20-,21-/m0/s1. The SMILES string of the molecule is O[C@H]1CC2CCC3C4CCCC4CCC3C2C[C@@H]1N1CCCC1. The van der Waals surface area contributed by atoms with Crippen molar-refractivity contribution in [2.75, 3.05) is 13.1 Å². The summed E-state index contributed by atoms with van der Waals surface area (Å²) in [6.45, 7) is 2.50. The van der Waals surface area contributed by atoms with Gasteiger partial charge < -0.3 is 5.11 Å². The molecule has 0 amide bonds. The number of likely N-dealkylation sites (tertiary alicyclic amines) is 1. The van der Waals surface area contributed by atoms with E-state index < -0.39 is 0 Å². The van der Waals surface area contributed by atoms with Gasteiger partial charge in [-0.3, -0.25) is 4.90 Å². The highest BCUT2D eigenvalue weighted by Crippen LogP contribution is 2.58. The molecule has 5 rings (SSSR count). The zero-order valence-electron chi connectivity index (χ0n) is 14.7. The lowest BCUT2D eigenvalue weighted by Crippen LogP contribution is -2.53. The van der Waals surface area contributed by atoms with Gasteiger partial charge >= 0.3 is 0 Å². The van der Waals surface area contributed by atoms with Crippen LogP contribution < -0.4 is 0 Å². The summed E-state index contributed by atoms with van der Waals surface area (Å²) in [6, 6.07) is 0.499. The molecule has 0 radical (unpaired) electrons. The molecule has 0 aromatic heterocycles. The first-order valence-electron chi connectivity index (χ1n) is 10.7. The third kappa shape index (κ3) is 2.51. The Kier molecular flexibility index (Phi) is 3.98. The quantitative estimate of drug-likeness (QED) is 0.788. The van der Waals surface area contributed by atoms with E-state index in [4.69, 9.17) is 0 Å². The van der Waals surface area contributed by atoms with Crippen LogP contribution in [0.3, 0.4) is 0 Å². The highest BCUT2D eigenvalue weighted by atomic mass is 16.3. The Morgan fingerprint density at radius 1 is 0.609 bits per heavy atom. The van der Waals surface area contributed by atoms with E-state index >= 15 is 0 Å². The number of hydrogen-bond acceptors (Lipinski definition) is 2. The van der Waals surface area contributed by atoms with Crippen molar-refractivity contribution in [2.45, 2.75) is 82.8 Å². The largest absolute Gasteiger partial charge is 0.391 e. The molecule has 0 aromatic rings. The number of hydrogen-bond donors (Lipinski definition) is 1. The van der Waals surface area contributed by atoms with Gasteiger partial charge in [0.25, 0.3) is 0 Å². The molecule has 0 aromatic carbocycles. The Morgan fingerprint density at radius 3 is 2.17 bits per heavy atom. The minimum Gasteiger partial charge on any atom is -0.391 e. The Balaban J connectivity index is 1.35. The average molecular weight is 318 g/mol. The topological polar surface area (TPSA) is 23.5 Å². The second-order valence-electron chi connectivity index (χ2n) is 9.61. The smallest absolute Gasteiger partial charge is 0.0698 e. The minimum atomic E-state index is -0.0336. The van der Waals surface area contributed by atoms with Crippen LogP contribution in [-0.2, 0) is 0 Å². The van der Waals surface area contributed by atoms with E-state index in [1.54, 1.807) is 6.42 Å². The number of aliphatic hydroxyl groups excluding tert-OH is 1. The lowest BCUT2D eigenvalue weighted by Gasteiger charge is -2.54. The first-order valence-corrected chi connectivity index (χ1v) is 10.7. The second kappa shape index (κ2) is 6.02. The van der Waals surface area contributed by atoms with E-state index in [1.807, 2.05) is 0 Å². The summed E-state index contributed by atoms with van der Waals surface area (Å²) in [7, 11) is 0. The van der Waals surface area contributed by atoms with Crippen LogP contribution >= 0.6 is 0 Å². The lowest BCUT2D eigenvalue weighted by molar-refractivity contribution is -0.0793. The summed E-state index contributed by atoms with van der Waals surface area (Å²) in [5, 5.41) is 10.8. The molecule has 1 aliphatic heterocycles. The predicted octanol–water partition coefficient (Wildman–Crippen LogP) is 4.07. The van der Waals surface area contributed by atoms with Crippen molar-refractivity contribution < 1.29 is 5.11 Å². The van der Waals surface area contributed by atoms with Gasteiger partial charge in [-0.25, -0.2) is 0 Å². The molecule has 1 saturated heterocycles. The summed E-state index contributed by atoms with van der Waals surface area (Å²) in [5.74, 6) is 6.06. The Bertz CT molecular complexity index is 432. The van der Waals surface area contributed by atoms with Gasteiger partial charge in [0, 0.05) is 6.04 Å². The fourth-order valence-electron chi connectivity index (χ4n) is 7.88. The van der Waals surface area contributed by atoms with Gasteiger partial charge in [-0.05, 0) is 106 Å². The van der Waals surface area contributed by atoms with Crippen molar-refractivity contribution >= 4 is 0 Å². The summed E-state index contributed by atoms with van der Waals surface area (Å²) >= 11 is 0. The van der Waals surface area contributed by atoms with Crippen LogP contribution in [0.2, 0.25) is 0 Å². The van der Waals surface area contributed by atoms with Gasteiger partial charge in [0.05, 0.1) is 6.10 Å². The van der Waals surface area contributed by atoms with Gasteiger partial charge in [0.2, 0.25) is 0 Å². The summed E-state index contributed by atoms with van der Waals surface area (Å²) in [6.07, 6.45) is 15.7. The van der Waals surface area contributed by atoms with Crippen molar-refractivity contribution in [3.8, 4) is 0 Å². The fourth-order valence-corrected chi connectivity index (χ4v) is 7.88. The first-order chi connectivity index (χ1) is 11.3. The van der Waals surface area contributed by atoms with Crippen LogP contribution in [0.25, 0.3) is 0 Å². The predicted molar refractivity (Wildman–Crippen MR) is 93.1 cm³/mol. The van der Waals surface area contributed by atoms with Crippen LogP contribution in [-0.4, -0.2) is 35.2 Å². The summed E-state index contributed by atoms with van der Waals surface area (Å²) in [5.41, 5.74) is 0. The fraction of sp³-hybridized carbons (Fsp3) is 1.00. The van der Waals surface area contributed by atoms with Crippen molar-refractivity contribution in [1.29, 1.82) is 0 Å². The Labute approximate surface area is 142 Å². The normalized spacial score (nSPS) is 53.6. The zero-order valence-corrected chi connectivity index (χ0v) is 14.7. The molecular weight excluding hydrogens is 282 g/mol. The molecule has 8 atom stereocenters. The molecule has 2 heteroatoms. The van der Waals surface area contributed by atoms with Crippen molar-refractivity contribution in [2.24, 2.45) is 35.5 Å². The molecule has 6 unspecified atom stereocenters. The molecular formula is C21H35NO. The second-order valence-corrected chi connectivity index (χ2v) is 9.61. The lowest BCUT2D eigenvalue weighted by atomic mass is 9.53. The zero-order chi connectivity index (χ0) is 15.4. The van der Waals surface area contributed by atoms with Crippen molar-refractivity contribution in [3.05, 3.63) is 0 Å². The number of rotatable bonds is 1. The highest BCUT2D eigenvalue weighted by molar-refractivity contribution is 5.02. The summed E-state index contributed by atoms with van der Waals surface area (Å²) in [4.78, 5) is 2.64. The average Bonchev–Trinajstić information content (AvgIpc) is 3.25. The molecule has 1 heterocycles. The molecule has 1 N–H and O–H groups in total. The van der Waals surface area contributed by atoms with Gasteiger partial charge in [-0.2, -0.15) is 0 Å². The molecule has 4 aliphatic carbocycles. The van der Waals surface area contributed by atoms with E-state index in [0.29, 0.717) is 6.04 Å². The van der Waals surface area contributed by atoms with Crippen LogP contribution in [0.5, 0.6) is 0 Å². The molecule has 5 fully saturated rings. The van der Waals surface area contributed by atoms with Crippen molar-refractivity contribution in [1.82, 2.24) is 4.90 Å². The van der Waals surface area contributed by atoms with Crippen molar-refractivity contribution in [3.63, 3.8) is 0 Å². The Hall–Kier alpha value is -0.0800. The number of aliphatic hydroxyl groups is 1. The van der Waals surface area contributed by atoms with E-state index in [1.165, 1.54) is 70.9 Å². The third-order valence-corrected chi connectivity index (χ3v) is 8.83. The molecule has 4 saturated carbocycles. The van der Waals surface area contributed by atoms with Crippen LogP contribution in [0.15, 0.2) is 0 Å². The van der Waals surface area contributed by atoms with Gasteiger partial charge in [0.15, 0.2) is 0 Å². The highest BCUT2D eigenvalue weighted by Gasteiger charge is 2.51. The monoisotopic (exact) mass is 317 g/mol. The molecule has 5 aliphatic rings. The molecule has 23 heavy (non-hydrogen) atoms. The van der Waals surface area contributed by atoms with Crippen LogP contribution in [0.1, 0.15) is 70.6 Å².